The first-order valence-electron chi connectivity index (χ1n) is 8.09. The van der Waals surface area contributed by atoms with Crippen molar-refractivity contribution in [3.63, 3.8) is 0 Å². The summed E-state index contributed by atoms with van der Waals surface area (Å²) >= 11 is 12.1. The molecule has 8 nitrogen and oxygen atoms in total. The zero-order valence-electron chi connectivity index (χ0n) is 14.6. The number of hydrogen-bond donors (Lipinski definition) is 0. The molecule has 1 aliphatic rings. The maximum absolute atomic E-state index is 12.9. The monoisotopic (exact) mass is 452 g/mol. The first-order valence-corrected chi connectivity index (χ1v) is 11.8. The van der Waals surface area contributed by atoms with Crippen molar-refractivity contribution in [2.75, 3.05) is 13.1 Å². The van der Waals surface area contributed by atoms with E-state index in [2.05, 4.69) is 10.2 Å². The van der Waals surface area contributed by atoms with Crippen LogP contribution in [0.1, 0.15) is 18.4 Å². The van der Waals surface area contributed by atoms with Crippen molar-refractivity contribution < 1.29 is 16.8 Å². The van der Waals surface area contributed by atoms with Crippen LogP contribution in [0.5, 0.6) is 0 Å². The van der Waals surface area contributed by atoms with Gasteiger partial charge in [-0.1, -0.05) is 23.2 Å². The SMILES string of the molecule is Cc1cc(S(=O)(=O)N2CCC(S(=O)(=O)c3nncn3C)CC2)c(Cl)cc1Cl. The average molecular weight is 453 g/mol. The van der Waals surface area contributed by atoms with Crippen LogP contribution in [0.25, 0.3) is 0 Å². The van der Waals surface area contributed by atoms with Crippen LogP contribution in [0.2, 0.25) is 10.0 Å². The molecule has 0 unspecified atom stereocenters. The lowest BCUT2D eigenvalue weighted by Crippen LogP contribution is -2.42. The third-order valence-electron chi connectivity index (χ3n) is 4.60. The van der Waals surface area contributed by atoms with E-state index in [0.29, 0.717) is 10.6 Å². The fraction of sp³-hybridized carbons (Fsp3) is 0.467. The molecule has 0 saturated carbocycles. The number of hydrogen-bond acceptors (Lipinski definition) is 6. The van der Waals surface area contributed by atoms with Crippen molar-refractivity contribution in [2.24, 2.45) is 7.05 Å². The Hall–Kier alpha value is -1.20. The Kier molecular flexibility index (Phi) is 5.57. The molecule has 1 aliphatic heterocycles. The summed E-state index contributed by atoms with van der Waals surface area (Å²) in [5.41, 5.74) is 0.597. The molecular formula is C15H18Cl2N4O4S2. The molecule has 0 N–H and O–H groups in total. The van der Waals surface area contributed by atoms with Crippen LogP contribution in [-0.4, -0.2) is 54.2 Å². The first kappa shape index (κ1) is 20.5. The highest BCUT2D eigenvalue weighted by Gasteiger charge is 2.38. The van der Waals surface area contributed by atoms with E-state index in [4.69, 9.17) is 23.2 Å². The second kappa shape index (κ2) is 7.32. The molecule has 3 rings (SSSR count). The topological polar surface area (TPSA) is 102 Å². The van der Waals surface area contributed by atoms with Gasteiger partial charge >= 0.3 is 0 Å². The largest absolute Gasteiger partial charge is 0.308 e. The number of nitrogens with zero attached hydrogens (tertiary/aromatic N) is 4. The molecule has 1 saturated heterocycles. The maximum atomic E-state index is 12.9. The minimum Gasteiger partial charge on any atom is -0.308 e. The maximum Gasteiger partial charge on any atom is 0.249 e. The molecule has 2 aromatic rings. The second-order valence-corrected chi connectivity index (χ2v) is 11.2. The van der Waals surface area contributed by atoms with Crippen LogP contribution in [0.15, 0.2) is 28.5 Å². The Balaban J connectivity index is 1.81. The lowest BCUT2D eigenvalue weighted by molar-refractivity contribution is 0.344. The lowest BCUT2D eigenvalue weighted by Gasteiger charge is -2.31. The van der Waals surface area contributed by atoms with Crippen molar-refractivity contribution >= 4 is 43.1 Å². The van der Waals surface area contributed by atoms with E-state index in [1.165, 1.54) is 27.3 Å². The predicted molar refractivity (Wildman–Crippen MR) is 101 cm³/mol. The van der Waals surface area contributed by atoms with Crippen molar-refractivity contribution in [2.45, 2.75) is 35.1 Å². The number of halogens is 2. The van der Waals surface area contributed by atoms with Gasteiger partial charge in [0.2, 0.25) is 25.0 Å². The number of aryl methyl sites for hydroxylation is 2. The van der Waals surface area contributed by atoms with Crippen molar-refractivity contribution in [1.29, 1.82) is 0 Å². The van der Waals surface area contributed by atoms with E-state index < -0.39 is 25.1 Å². The predicted octanol–water partition coefficient (Wildman–Crippen LogP) is 2.06. The van der Waals surface area contributed by atoms with Crippen molar-refractivity contribution in [3.8, 4) is 0 Å². The zero-order valence-corrected chi connectivity index (χ0v) is 17.8. The quantitative estimate of drug-likeness (QED) is 0.702. The van der Waals surface area contributed by atoms with Gasteiger partial charge < -0.3 is 4.57 Å². The zero-order chi connectivity index (χ0) is 20.0. The van der Waals surface area contributed by atoms with Gasteiger partial charge in [0.25, 0.3) is 0 Å². The summed E-state index contributed by atoms with van der Waals surface area (Å²) in [6.07, 6.45) is 1.65. The number of aromatic nitrogens is 3. The van der Waals surface area contributed by atoms with Gasteiger partial charge in [0.05, 0.1) is 10.3 Å². The van der Waals surface area contributed by atoms with E-state index >= 15 is 0 Å². The molecule has 0 amide bonds. The van der Waals surface area contributed by atoms with Crippen molar-refractivity contribution in [3.05, 3.63) is 34.1 Å². The van der Waals surface area contributed by atoms with E-state index in [0.717, 1.165) is 0 Å². The number of rotatable bonds is 4. The highest BCUT2D eigenvalue weighted by atomic mass is 35.5. The van der Waals surface area contributed by atoms with E-state index in [-0.39, 0.29) is 41.0 Å². The number of sulfone groups is 1. The van der Waals surface area contributed by atoms with Crippen LogP contribution in [0, 0.1) is 6.92 Å². The Morgan fingerprint density at radius 1 is 1.07 bits per heavy atom. The molecule has 0 spiro atoms. The normalized spacial score (nSPS) is 17.3. The molecule has 2 heterocycles. The van der Waals surface area contributed by atoms with Crippen LogP contribution in [0.4, 0.5) is 0 Å². The van der Waals surface area contributed by atoms with Crippen LogP contribution < -0.4 is 0 Å². The fourth-order valence-electron chi connectivity index (χ4n) is 3.03. The summed E-state index contributed by atoms with van der Waals surface area (Å²) in [6, 6.07) is 2.83. The molecule has 1 aromatic carbocycles. The Bertz CT molecular complexity index is 1080. The third-order valence-corrected chi connectivity index (χ3v) is 9.59. The minimum atomic E-state index is -3.85. The summed E-state index contributed by atoms with van der Waals surface area (Å²) in [7, 11) is -5.97. The summed E-state index contributed by atoms with van der Waals surface area (Å²) in [6.45, 7) is 1.83. The Morgan fingerprint density at radius 2 is 1.70 bits per heavy atom. The van der Waals surface area contributed by atoms with Gasteiger partial charge in [0, 0.05) is 25.2 Å². The molecule has 148 valence electrons. The average Bonchev–Trinajstić information content (AvgIpc) is 3.05. The van der Waals surface area contributed by atoms with Gasteiger partial charge in [-0.3, -0.25) is 0 Å². The molecular weight excluding hydrogens is 435 g/mol. The summed E-state index contributed by atoms with van der Waals surface area (Å²) in [5, 5.41) is 6.87. The molecule has 0 aliphatic carbocycles. The van der Waals surface area contributed by atoms with Gasteiger partial charge in [-0.25, -0.2) is 16.8 Å². The number of piperidine rings is 1. The summed E-state index contributed by atoms with van der Waals surface area (Å²) < 4.78 is 53.9. The van der Waals surface area contributed by atoms with E-state index in [1.807, 2.05) is 0 Å². The number of benzene rings is 1. The van der Waals surface area contributed by atoms with Gasteiger partial charge in [0.15, 0.2) is 0 Å². The van der Waals surface area contributed by atoms with Gasteiger partial charge in [0.1, 0.15) is 11.2 Å². The second-order valence-electron chi connectivity index (χ2n) is 6.40. The standard InChI is InChI=1S/C15H18Cl2N4O4S2/c1-10-7-14(13(17)8-12(10)16)27(24,25)21-5-3-11(4-6-21)26(22,23)15-19-18-9-20(15)2/h7-9,11H,3-6H2,1-2H3. The highest BCUT2D eigenvalue weighted by molar-refractivity contribution is 7.92. The number of sulfonamides is 1. The molecule has 1 aromatic heterocycles. The summed E-state index contributed by atoms with van der Waals surface area (Å²) in [4.78, 5) is -0.0272. The lowest BCUT2D eigenvalue weighted by atomic mass is 10.2. The molecule has 27 heavy (non-hydrogen) atoms. The van der Waals surface area contributed by atoms with Crippen LogP contribution >= 0.6 is 23.2 Å². The fourth-order valence-corrected chi connectivity index (χ4v) is 7.05. The van der Waals surface area contributed by atoms with Gasteiger partial charge in [-0.15, -0.1) is 10.2 Å². The molecule has 0 bridgehead atoms. The molecule has 1 fully saturated rings. The molecule has 0 radical (unpaired) electrons. The van der Waals surface area contributed by atoms with E-state index in [9.17, 15) is 16.8 Å². The first-order chi connectivity index (χ1) is 12.5. The third kappa shape index (κ3) is 3.73. The van der Waals surface area contributed by atoms with Crippen LogP contribution in [0.3, 0.4) is 0 Å². The van der Waals surface area contributed by atoms with Crippen molar-refractivity contribution in [1.82, 2.24) is 19.1 Å². The molecule has 12 heteroatoms. The molecule has 0 atom stereocenters. The Labute approximate surface area is 168 Å². The smallest absolute Gasteiger partial charge is 0.249 e. The van der Waals surface area contributed by atoms with Gasteiger partial charge in [-0.2, -0.15) is 4.31 Å². The Morgan fingerprint density at radius 3 is 2.26 bits per heavy atom. The summed E-state index contributed by atoms with van der Waals surface area (Å²) in [5.74, 6) is 0. The minimum absolute atomic E-state index is 0.0272. The highest BCUT2D eigenvalue weighted by Crippen LogP contribution is 2.32. The van der Waals surface area contributed by atoms with E-state index in [1.54, 1.807) is 14.0 Å². The van der Waals surface area contributed by atoms with Gasteiger partial charge in [-0.05, 0) is 37.5 Å². The van der Waals surface area contributed by atoms with Crippen LogP contribution in [-0.2, 0) is 26.9 Å².